The fourth-order valence-corrected chi connectivity index (χ4v) is 3.84. The molecule has 0 atom stereocenters. The molecular formula is C26H27FN2O2. The van der Waals surface area contributed by atoms with Crippen molar-refractivity contribution in [2.75, 3.05) is 18.4 Å². The van der Waals surface area contributed by atoms with Crippen LogP contribution in [0.5, 0.6) is 5.75 Å². The van der Waals surface area contributed by atoms with E-state index < -0.39 is 0 Å². The van der Waals surface area contributed by atoms with E-state index in [-0.39, 0.29) is 17.6 Å². The molecule has 31 heavy (non-hydrogen) atoms. The predicted octanol–water partition coefficient (Wildman–Crippen LogP) is 5.26. The van der Waals surface area contributed by atoms with Gasteiger partial charge in [0.1, 0.15) is 18.2 Å². The number of rotatable bonds is 7. The maximum Gasteiger partial charge on any atom is 0.227 e. The van der Waals surface area contributed by atoms with Gasteiger partial charge in [-0.25, -0.2) is 4.39 Å². The molecule has 1 heterocycles. The summed E-state index contributed by atoms with van der Waals surface area (Å²) in [6.45, 7) is 2.68. The molecule has 0 bridgehead atoms. The van der Waals surface area contributed by atoms with Crippen molar-refractivity contribution < 1.29 is 13.9 Å². The van der Waals surface area contributed by atoms with Gasteiger partial charge in [0.15, 0.2) is 0 Å². The molecule has 1 fully saturated rings. The Morgan fingerprint density at radius 3 is 2.32 bits per heavy atom. The highest BCUT2D eigenvalue weighted by molar-refractivity contribution is 5.92. The molecule has 0 unspecified atom stereocenters. The lowest BCUT2D eigenvalue weighted by Gasteiger charge is -2.31. The predicted molar refractivity (Wildman–Crippen MR) is 120 cm³/mol. The summed E-state index contributed by atoms with van der Waals surface area (Å²) in [5, 5.41) is 3.01. The van der Waals surface area contributed by atoms with Crippen LogP contribution < -0.4 is 10.1 Å². The quantitative estimate of drug-likeness (QED) is 0.569. The summed E-state index contributed by atoms with van der Waals surface area (Å²) in [6.07, 6.45) is 1.55. The van der Waals surface area contributed by atoms with Gasteiger partial charge in [-0.05, 0) is 61.8 Å². The van der Waals surface area contributed by atoms with Crippen molar-refractivity contribution in [1.29, 1.82) is 0 Å². The molecule has 1 amide bonds. The number of likely N-dealkylation sites (tertiary alicyclic amines) is 1. The SMILES string of the molecule is O=C(Nc1ccc(OCc2ccccc2)cc1)C1CCN(Cc2ccccc2F)CC1. The van der Waals surface area contributed by atoms with Crippen molar-refractivity contribution in [1.82, 2.24) is 4.90 Å². The second kappa shape index (κ2) is 10.2. The van der Waals surface area contributed by atoms with Gasteiger partial charge in [0.25, 0.3) is 0 Å². The van der Waals surface area contributed by atoms with E-state index in [1.165, 1.54) is 6.07 Å². The third kappa shape index (κ3) is 5.92. The lowest BCUT2D eigenvalue weighted by Crippen LogP contribution is -2.37. The van der Waals surface area contributed by atoms with Gasteiger partial charge in [0.05, 0.1) is 0 Å². The second-order valence-corrected chi connectivity index (χ2v) is 7.93. The normalized spacial score (nSPS) is 14.9. The van der Waals surface area contributed by atoms with Crippen LogP contribution in [0.3, 0.4) is 0 Å². The maximum absolute atomic E-state index is 13.9. The molecule has 0 radical (unpaired) electrons. The fourth-order valence-electron chi connectivity index (χ4n) is 3.84. The molecule has 0 aromatic heterocycles. The van der Waals surface area contributed by atoms with Gasteiger partial charge < -0.3 is 10.1 Å². The Kier molecular flexibility index (Phi) is 6.95. The number of hydrogen-bond acceptors (Lipinski definition) is 3. The summed E-state index contributed by atoms with van der Waals surface area (Å²) in [4.78, 5) is 14.9. The van der Waals surface area contributed by atoms with Crippen LogP contribution in [0, 0.1) is 11.7 Å². The maximum atomic E-state index is 13.9. The third-order valence-electron chi connectivity index (χ3n) is 5.68. The van der Waals surface area contributed by atoms with Crippen molar-refractivity contribution in [3.8, 4) is 5.75 Å². The summed E-state index contributed by atoms with van der Waals surface area (Å²) in [7, 11) is 0. The van der Waals surface area contributed by atoms with E-state index in [0.29, 0.717) is 18.7 Å². The zero-order chi connectivity index (χ0) is 21.5. The van der Waals surface area contributed by atoms with E-state index in [0.717, 1.165) is 42.9 Å². The van der Waals surface area contributed by atoms with Crippen LogP contribution in [0.15, 0.2) is 78.9 Å². The van der Waals surface area contributed by atoms with Gasteiger partial charge in [-0.1, -0.05) is 48.5 Å². The highest BCUT2D eigenvalue weighted by Gasteiger charge is 2.25. The van der Waals surface area contributed by atoms with Crippen molar-refractivity contribution in [3.05, 3.63) is 95.8 Å². The molecule has 5 heteroatoms. The Labute approximate surface area is 182 Å². The Morgan fingerprint density at radius 2 is 1.61 bits per heavy atom. The second-order valence-electron chi connectivity index (χ2n) is 7.93. The largest absolute Gasteiger partial charge is 0.489 e. The number of carbonyl (C=O) groups excluding carboxylic acids is 1. The monoisotopic (exact) mass is 418 g/mol. The average molecular weight is 419 g/mol. The number of halogens is 1. The van der Waals surface area contributed by atoms with Crippen LogP contribution in [-0.2, 0) is 17.9 Å². The van der Waals surface area contributed by atoms with Crippen molar-refractivity contribution in [2.24, 2.45) is 5.92 Å². The summed E-state index contributed by atoms with van der Waals surface area (Å²) >= 11 is 0. The highest BCUT2D eigenvalue weighted by Crippen LogP contribution is 2.23. The molecule has 3 aromatic carbocycles. The first-order valence-corrected chi connectivity index (χ1v) is 10.7. The van der Waals surface area contributed by atoms with Crippen LogP contribution in [0.2, 0.25) is 0 Å². The Balaban J connectivity index is 1.23. The minimum absolute atomic E-state index is 0.0223. The van der Waals surface area contributed by atoms with Crippen molar-refractivity contribution >= 4 is 11.6 Å². The Hall–Kier alpha value is -3.18. The van der Waals surface area contributed by atoms with E-state index in [1.807, 2.05) is 66.7 Å². The molecule has 0 spiro atoms. The third-order valence-corrected chi connectivity index (χ3v) is 5.68. The first kappa shape index (κ1) is 21.1. The minimum atomic E-state index is -0.168. The summed E-state index contributed by atoms with van der Waals surface area (Å²) < 4.78 is 19.6. The van der Waals surface area contributed by atoms with Gasteiger partial charge in [-0.2, -0.15) is 0 Å². The van der Waals surface area contributed by atoms with Gasteiger partial charge >= 0.3 is 0 Å². The molecule has 1 aliphatic rings. The van der Waals surface area contributed by atoms with Crippen LogP contribution in [0.25, 0.3) is 0 Å². The zero-order valence-electron chi connectivity index (χ0n) is 17.5. The first-order valence-electron chi connectivity index (χ1n) is 10.7. The Bertz CT molecular complexity index is 984. The molecular weight excluding hydrogens is 391 g/mol. The average Bonchev–Trinajstić information content (AvgIpc) is 2.81. The number of ether oxygens (including phenoxy) is 1. The molecule has 3 aromatic rings. The van der Waals surface area contributed by atoms with E-state index in [4.69, 9.17) is 4.74 Å². The van der Waals surface area contributed by atoms with Crippen LogP contribution in [-0.4, -0.2) is 23.9 Å². The number of nitrogens with zero attached hydrogens (tertiary/aromatic N) is 1. The number of hydrogen-bond donors (Lipinski definition) is 1. The summed E-state index contributed by atoms with van der Waals surface area (Å²) in [5.41, 5.74) is 2.59. The molecule has 1 saturated heterocycles. The van der Waals surface area contributed by atoms with Gasteiger partial charge in [-0.3, -0.25) is 9.69 Å². The number of nitrogens with one attached hydrogen (secondary N) is 1. The van der Waals surface area contributed by atoms with E-state index in [2.05, 4.69) is 10.2 Å². The van der Waals surface area contributed by atoms with Crippen LogP contribution in [0.4, 0.5) is 10.1 Å². The van der Waals surface area contributed by atoms with Crippen LogP contribution >= 0.6 is 0 Å². The van der Waals surface area contributed by atoms with Crippen molar-refractivity contribution in [3.63, 3.8) is 0 Å². The first-order chi connectivity index (χ1) is 15.2. The standard InChI is InChI=1S/C26H27FN2O2/c27-25-9-5-4-8-22(25)18-29-16-14-21(15-17-29)26(30)28-23-10-12-24(13-11-23)31-19-20-6-2-1-3-7-20/h1-13,21H,14-19H2,(H,28,30). The van der Waals surface area contributed by atoms with E-state index in [9.17, 15) is 9.18 Å². The molecule has 160 valence electrons. The minimum Gasteiger partial charge on any atom is -0.489 e. The summed E-state index contributed by atoms with van der Waals surface area (Å²) in [5.74, 6) is 0.622. The van der Waals surface area contributed by atoms with Gasteiger partial charge in [0, 0.05) is 23.7 Å². The molecule has 0 saturated carbocycles. The van der Waals surface area contributed by atoms with Gasteiger partial charge in [0.2, 0.25) is 5.91 Å². The number of amides is 1. The molecule has 0 aliphatic carbocycles. The van der Waals surface area contributed by atoms with Crippen LogP contribution in [0.1, 0.15) is 24.0 Å². The Morgan fingerprint density at radius 1 is 0.935 bits per heavy atom. The molecule has 4 rings (SSSR count). The van der Waals surface area contributed by atoms with E-state index in [1.54, 1.807) is 6.07 Å². The van der Waals surface area contributed by atoms with Gasteiger partial charge in [-0.15, -0.1) is 0 Å². The number of carbonyl (C=O) groups is 1. The molecule has 1 aliphatic heterocycles. The summed E-state index contributed by atoms with van der Waals surface area (Å²) in [6, 6.07) is 24.4. The van der Waals surface area contributed by atoms with Crippen molar-refractivity contribution in [2.45, 2.75) is 26.0 Å². The molecule has 4 nitrogen and oxygen atoms in total. The highest BCUT2D eigenvalue weighted by atomic mass is 19.1. The molecule has 1 N–H and O–H groups in total. The van der Waals surface area contributed by atoms with E-state index >= 15 is 0 Å². The zero-order valence-corrected chi connectivity index (χ0v) is 17.5. The lowest BCUT2D eigenvalue weighted by molar-refractivity contribution is -0.121. The number of benzene rings is 3. The fraction of sp³-hybridized carbons (Fsp3) is 0.269. The smallest absolute Gasteiger partial charge is 0.227 e. The number of piperidine rings is 1. The topological polar surface area (TPSA) is 41.6 Å². The number of anilines is 1. The lowest BCUT2D eigenvalue weighted by atomic mass is 9.95.